The molecule has 0 unspecified atom stereocenters. The lowest BCUT2D eigenvalue weighted by Crippen LogP contribution is -2.38. The smallest absolute Gasteiger partial charge is 0.129 e. The van der Waals surface area contributed by atoms with Crippen LogP contribution in [0.4, 0.5) is 5.82 Å². The summed E-state index contributed by atoms with van der Waals surface area (Å²) in [6.45, 7) is 9.04. The molecule has 2 nitrogen and oxygen atoms in total. The topological polar surface area (TPSA) is 16.1 Å². The third-order valence-electron chi connectivity index (χ3n) is 4.28. The summed E-state index contributed by atoms with van der Waals surface area (Å²) < 4.78 is 0. The molecule has 2 heterocycles. The Morgan fingerprint density at radius 3 is 2.72 bits per heavy atom. The SMILES string of the molecule is C/C=C\c1ccnc(N2CCC(C)(CC)CC2)c1. The van der Waals surface area contributed by atoms with Crippen molar-refractivity contribution in [2.24, 2.45) is 5.41 Å². The van der Waals surface area contributed by atoms with E-state index < -0.39 is 0 Å². The van der Waals surface area contributed by atoms with E-state index in [0.717, 1.165) is 18.9 Å². The van der Waals surface area contributed by atoms with Crippen LogP contribution in [-0.4, -0.2) is 18.1 Å². The molecule has 1 fully saturated rings. The van der Waals surface area contributed by atoms with Crippen molar-refractivity contribution >= 4 is 11.9 Å². The molecule has 0 radical (unpaired) electrons. The Bertz CT molecular complexity index is 415. The zero-order valence-electron chi connectivity index (χ0n) is 11.8. The Kier molecular flexibility index (Phi) is 4.05. The first kappa shape index (κ1) is 13.1. The predicted octanol–water partition coefficient (Wildman–Crippen LogP) is 4.13. The minimum Gasteiger partial charge on any atom is -0.357 e. The predicted molar refractivity (Wildman–Crippen MR) is 78.8 cm³/mol. The fraction of sp³-hybridized carbons (Fsp3) is 0.562. The van der Waals surface area contributed by atoms with Gasteiger partial charge in [-0.05, 0) is 42.9 Å². The lowest BCUT2D eigenvalue weighted by molar-refractivity contribution is 0.238. The summed E-state index contributed by atoms with van der Waals surface area (Å²) in [5.41, 5.74) is 1.78. The Hall–Kier alpha value is -1.31. The van der Waals surface area contributed by atoms with Crippen LogP contribution in [0.25, 0.3) is 6.08 Å². The van der Waals surface area contributed by atoms with Crippen LogP contribution >= 0.6 is 0 Å². The second-order valence-corrected chi connectivity index (χ2v) is 5.60. The van der Waals surface area contributed by atoms with E-state index in [-0.39, 0.29) is 0 Å². The van der Waals surface area contributed by atoms with E-state index >= 15 is 0 Å². The highest BCUT2D eigenvalue weighted by atomic mass is 15.2. The van der Waals surface area contributed by atoms with Crippen LogP contribution in [0.2, 0.25) is 0 Å². The minimum absolute atomic E-state index is 0.539. The van der Waals surface area contributed by atoms with E-state index in [4.69, 9.17) is 0 Å². The van der Waals surface area contributed by atoms with Gasteiger partial charge in [0.2, 0.25) is 0 Å². The van der Waals surface area contributed by atoms with Crippen molar-refractivity contribution in [3.63, 3.8) is 0 Å². The number of anilines is 1. The molecule has 0 saturated carbocycles. The van der Waals surface area contributed by atoms with Gasteiger partial charge in [-0.1, -0.05) is 32.4 Å². The number of hydrogen-bond acceptors (Lipinski definition) is 2. The first-order valence-corrected chi connectivity index (χ1v) is 7.00. The molecule has 1 aromatic heterocycles. The normalized spacial score (nSPS) is 19.4. The average Bonchev–Trinajstić information content (AvgIpc) is 2.40. The number of aromatic nitrogens is 1. The Labute approximate surface area is 111 Å². The number of piperidine rings is 1. The highest BCUT2D eigenvalue weighted by molar-refractivity contribution is 5.54. The van der Waals surface area contributed by atoms with Gasteiger partial charge in [0.25, 0.3) is 0 Å². The Balaban J connectivity index is 2.07. The van der Waals surface area contributed by atoms with Gasteiger partial charge in [-0.2, -0.15) is 0 Å². The molecule has 0 bridgehead atoms. The van der Waals surface area contributed by atoms with Gasteiger partial charge in [0.15, 0.2) is 0 Å². The maximum atomic E-state index is 4.51. The third-order valence-corrected chi connectivity index (χ3v) is 4.28. The molecule has 0 N–H and O–H groups in total. The summed E-state index contributed by atoms with van der Waals surface area (Å²) in [5.74, 6) is 1.13. The monoisotopic (exact) mass is 244 g/mol. The van der Waals surface area contributed by atoms with Gasteiger partial charge >= 0.3 is 0 Å². The van der Waals surface area contributed by atoms with Crippen LogP contribution in [0.3, 0.4) is 0 Å². The molecule has 1 aromatic rings. The van der Waals surface area contributed by atoms with E-state index in [1.807, 2.05) is 13.1 Å². The van der Waals surface area contributed by atoms with Crippen LogP contribution in [0, 0.1) is 5.41 Å². The van der Waals surface area contributed by atoms with Gasteiger partial charge < -0.3 is 4.90 Å². The zero-order chi connectivity index (χ0) is 13.0. The molecule has 1 aliphatic heterocycles. The Morgan fingerprint density at radius 2 is 2.11 bits per heavy atom. The molecular weight excluding hydrogens is 220 g/mol. The average molecular weight is 244 g/mol. The van der Waals surface area contributed by atoms with Crippen molar-refractivity contribution in [2.45, 2.75) is 40.0 Å². The van der Waals surface area contributed by atoms with E-state index in [0.29, 0.717) is 5.41 Å². The lowest BCUT2D eigenvalue weighted by Gasteiger charge is -2.39. The minimum atomic E-state index is 0.539. The standard InChI is InChI=1S/C16H24N2/c1-4-6-14-7-10-17-15(13-14)18-11-8-16(3,5-2)9-12-18/h4,6-7,10,13H,5,8-9,11-12H2,1-3H3/b6-4-. The second-order valence-electron chi connectivity index (χ2n) is 5.60. The van der Waals surface area contributed by atoms with Gasteiger partial charge in [0.05, 0.1) is 0 Å². The summed E-state index contributed by atoms with van der Waals surface area (Å²) in [5, 5.41) is 0. The lowest BCUT2D eigenvalue weighted by atomic mass is 9.78. The summed E-state index contributed by atoms with van der Waals surface area (Å²) >= 11 is 0. The fourth-order valence-corrected chi connectivity index (χ4v) is 2.53. The number of rotatable bonds is 3. The van der Waals surface area contributed by atoms with Crippen LogP contribution < -0.4 is 4.90 Å². The molecule has 0 atom stereocenters. The number of allylic oxidation sites excluding steroid dienone is 1. The number of hydrogen-bond donors (Lipinski definition) is 0. The molecule has 0 spiro atoms. The largest absolute Gasteiger partial charge is 0.357 e. The highest BCUT2D eigenvalue weighted by Crippen LogP contribution is 2.35. The van der Waals surface area contributed by atoms with Crippen LogP contribution in [0.1, 0.15) is 45.6 Å². The number of pyridine rings is 1. The van der Waals surface area contributed by atoms with Crippen LogP contribution in [0.5, 0.6) is 0 Å². The van der Waals surface area contributed by atoms with Gasteiger partial charge in [-0.3, -0.25) is 0 Å². The summed E-state index contributed by atoms with van der Waals surface area (Å²) in [6, 6.07) is 4.25. The first-order chi connectivity index (χ1) is 8.67. The van der Waals surface area contributed by atoms with Crippen molar-refractivity contribution in [1.82, 2.24) is 4.98 Å². The summed E-state index contributed by atoms with van der Waals surface area (Å²) in [4.78, 5) is 6.93. The third kappa shape index (κ3) is 2.92. The quantitative estimate of drug-likeness (QED) is 0.794. The Morgan fingerprint density at radius 1 is 1.39 bits per heavy atom. The zero-order valence-corrected chi connectivity index (χ0v) is 11.8. The van der Waals surface area contributed by atoms with Gasteiger partial charge in [-0.15, -0.1) is 0 Å². The van der Waals surface area contributed by atoms with E-state index in [1.54, 1.807) is 0 Å². The van der Waals surface area contributed by atoms with E-state index in [2.05, 4.69) is 48.0 Å². The van der Waals surface area contributed by atoms with Crippen molar-refractivity contribution in [1.29, 1.82) is 0 Å². The molecule has 1 aliphatic rings. The van der Waals surface area contributed by atoms with Gasteiger partial charge in [0, 0.05) is 19.3 Å². The number of nitrogens with zero attached hydrogens (tertiary/aromatic N) is 2. The molecule has 0 aromatic carbocycles. The molecule has 1 saturated heterocycles. The van der Waals surface area contributed by atoms with Crippen molar-refractivity contribution in [3.05, 3.63) is 30.0 Å². The molecule has 98 valence electrons. The van der Waals surface area contributed by atoms with Gasteiger partial charge in [0.1, 0.15) is 5.82 Å². The molecule has 2 rings (SSSR count). The fourth-order valence-electron chi connectivity index (χ4n) is 2.53. The first-order valence-electron chi connectivity index (χ1n) is 7.00. The summed E-state index contributed by atoms with van der Waals surface area (Å²) in [6.07, 6.45) is 9.96. The van der Waals surface area contributed by atoms with Crippen molar-refractivity contribution in [2.75, 3.05) is 18.0 Å². The summed E-state index contributed by atoms with van der Waals surface area (Å²) in [7, 11) is 0. The van der Waals surface area contributed by atoms with Crippen molar-refractivity contribution in [3.8, 4) is 0 Å². The van der Waals surface area contributed by atoms with Crippen molar-refractivity contribution < 1.29 is 0 Å². The molecule has 0 aliphatic carbocycles. The maximum absolute atomic E-state index is 4.51. The molecule has 2 heteroatoms. The molecule has 0 amide bonds. The second kappa shape index (κ2) is 5.55. The van der Waals surface area contributed by atoms with E-state index in [9.17, 15) is 0 Å². The van der Waals surface area contributed by atoms with Gasteiger partial charge in [-0.25, -0.2) is 4.98 Å². The highest BCUT2D eigenvalue weighted by Gasteiger charge is 2.28. The maximum Gasteiger partial charge on any atom is 0.129 e. The molecular formula is C16H24N2. The molecule has 18 heavy (non-hydrogen) atoms. The van der Waals surface area contributed by atoms with E-state index in [1.165, 1.54) is 24.8 Å². The van der Waals surface area contributed by atoms with Crippen LogP contribution in [-0.2, 0) is 0 Å². The van der Waals surface area contributed by atoms with Crippen LogP contribution in [0.15, 0.2) is 24.4 Å².